The van der Waals surface area contributed by atoms with Crippen molar-refractivity contribution in [3.05, 3.63) is 53.9 Å². The smallest absolute Gasteiger partial charge is 0.223 e. The third-order valence-electron chi connectivity index (χ3n) is 5.65. The SMILES string of the molecule is CCCCC1CCC(C(=O)NCc2ccccc2Cn2cccn2)CC1. The molecule has 0 bridgehead atoms. The van der Waals surface area contributed by atoms with Crippen LogP contribution in [-0.4, -0.2) is 15.7 Å². The van der Waals surface area contributed by atoms with Gasteiger partial charge in [0.15, 0.2) is 0 Å². The van der Waals surface area contributed by atoms with Crippen LogP contribution in [0.25, 0.3) is 0 Å². The Hall–Kier alpha value is -2.10. The molecule has 140 valence electrons. The highest BCUT2D eigenvalue weighted by Gasteiger charge is 2.25. The van der Waals surface area contributed by atoms with E-state index in [9.17, 15) is 4.79 Å². The zero-order valence-corrected chi connectivity index (χ0v) is 15.9. The van der Waals surface area contributed by atoms with Gasteiger partial charge in [-0.15, -0.1) is 0 Å². The van der Waals surface area contributed by atoms with Gasteiger partial charge in [0.05, 0.1) is 6.54 Å². The normalized spacial score (nSPS) is 20.0. The van der Waals surface area contributed by atoms with E-state index >= 15 is 0 Å². The van der Waals surface area contributed by atoms with E-state index in [1.165, 1.54) is 43.2 Å². The molecule has 4 nitrogen and oxygen atoms in total. The fourth-order valence-electron chi connectivity index (χ4n) is 3.99. The second-order valence-electron chi connectivity index (χ2n) is 7.55. The Morgan fingerprint density at radius 1 is 1.15 bits per heavy atom. The Labute approximate surface area is 157 Å². The van der Waals surface area contributed by atoms with Crippen LogP contribution in [0.1, 0.15) is 63.0 Å². The standard InChI is InChI=1S/C22H31N3O/c1-2-3-7-18-10-12-19(13-11-18)22(26)23-16-20-8-4-5-9-21(20)17-25-15-6-14-24-25/h4-6,8-9,14-15,18-19H,2-3,7,10-13,16-17H2,1H3,(H,23,26). The molecule has 1 saturated carbocycles. The van der Waals surface area contributed by atoms with Crippen molar-refractivity contribution in [2.45, 2.75) is 65.0 Å². The Morgan fingerprint density at radius 3 is 2.62 bits per heavy atom. The van der Waals surface area contributed by atoms with Crippen molar-refractivity contribution in [3.63, 3.8) is 0 Å². The van der Waals surface area contributed by atoms with Crippen molar-refractivity contribution in [1.29, 1.82) is 0 Å². The average Bonchev–Trinajstić information content (AvgIpc) is 3.19. The number of rotatable bonds is 8. The van der Waals surface area contributed by atoms with Crippen LogP contribution in [0.4, 0.5) is 0 Å². The Balaban J connectivity index is 1.49. The number of carbonyl (C=O) groups is 1. The van der Waals surface area contributed by atoms with Crippen LogP contribution in [0, 0.1) is 11.8 Å². The quantitative estimate of drug-likeness (QED) is 0.757. The molecule has 0 unspecified atom stereocenters. The van der Waals surface area contributed by atoms with Crippen LogP contribution < -0.4 is 5.32 Å². The van der Waals surface area contributed by atoms with E-state index in [0.717, 1.165) is 25.3 Å². The molecule has 1 aromatic heterocycles. The number of carbonyl (C=O) groups excluding carboxylic acids is 1. The minimum Gasteiger partial charge on any atom is -0.352 e. The highest BCUT2D eigenvalue weighted by Crippen LogP contribution is 2.32. The lowest BCUT2D eigenvalue weighted by molar-refractivity contribution is -0.126. The van der Waals surface area contributed by atoms with Crippen molar-refractivity contribution in [2.24, 2.45) is 11.8 Å². The molecule has 1 amide bonds. The van der Waals surface area contributed by atoms with Gasteiger partial charge in [0.25, 0.3) is 0 Å². The fraction of sp³-hybridized carbons (Fsp3) is 0.545. The third kappa shape index (κ3) is 5.20. The second-order valence-corrected chi connectivity index (χ2v) is 7.55. The second kappa shape index (κ2) is 9.56. The predicted octanol–water partition coefficient (Wildman–Crippen LogP) is 4.54. The van der Waals surface area contributed by atoms with Crippen LogP contribution in [0.2, 0.25) is 0 Å². The third-order valence-corrected chi connectivity index (χ3v) is 5.65. The van der Waals surface area contributed by atoms with Gasteiger partial charge in [-0.1, -0.05) is 50.5 Å². The maximum Gasteiger partial charge on any atom is 0.223 e. The van der Waals surface area contributed by atoms with Crippen molar-refractivity contribution in [2.75, 3.05) is 0 Å². The summed E-state index contributed by atoms with van der Waals surface area (Å²) in [7, 11) is 0. The largest absolute Gasteiger partial charge is 0.352 e. The summed E-state index contributed by atoms with van der Waals surface area (Å²) in [6.45, 7) is 3.59. The van der Waals surface area contributed by atoms with E-state index in [-0.39, 0.29) is 11.8 Å². The fourth-order valence-corrected chi connectivity index (χ4v) is 3.99. The molecule has 1 heterocycles. The molecule has 1 N–H and O–H groups in total. The highest BCUT2D eigenvalue weighted by molar-refractivity contribution is 5.78. The van der Waals surface area contributed by atoms with Crippen LogP contribution >= 0.6 is 0 Å². The minimum absolute atomic E-state index is 0.200. The van der Waals surface area contributed by atoms with Crippen molar-refractivity contribution < 1.29 is 4.79 Å². The molecular formula is C22H31N3O. The molecule has 1 aromatic carbocycles. The monoisotopic (exact) mass is 353 g/mol. The number of nitrogens with zero attached hydrogens (tertiary/aromatic N) is 2. The summed E-state index contributed by atoms with van der Waals surface area (Å²) in [5.41, 5.74) is 2.38. The molecule has 0 spiro atoms. The first-order chi connectivity index (χ1) is 12.8. The van der Waals surface area contributed by atoms with Crippen LogP contribution in [0.5, 0.6) is 0 Å². The summed E-state index contributed by atoms with van der Waals surface area (Å²) >= 11 is 0. The Kier molecular flexibility index (Phi) is 6.87. The first-order valence-corrected chi connectivity index (χ1v) is 10.1. The van der Waals surface area contributed by atoms with E-state index in [4.69, 9.17) is 0 Å². The van der Waals surface area contributed by atoms with Gasteiger partial charge in [-0.2, -0.15) is 5.10 Å². The zero-order chi connectivity index (χ0) is 18.2. The van der Waals surface area contributed by atoms with E-state index < -0.39 is 0 Å². The van der Waals surface area contributed by atoms with Gasteiger partial charge in [-0.3, -0.25) is 9.48 Å². The van der Waals surface area contributed by atoms with Gasteiger partial charge in [-0.25, -0.2) is 0 Å². The summed E-state index contributed by atoms with van der Waals surface area (Å²) in [6, 6.07) is 10.2. The minimum atomic E-state index is 0.200. The highest BCUT2D eigenvalue weighted by atomic mass is 16.1. The van der Waals surface area contributed by atoms with E-state index in [1.807, 2.05) is 29.1 Å². The van der Waals surface area contributed by atoms with Gasteiger partial charge in [-0.05, 0) is 48.8 Å². The van der Waals surface area contributed by atoms with Crippen molar-refractivity contribution in [3.8, 4) is 0 Å². The van der Waals surface area contributed by atoms with E-state index in [2.05, 4.69) is 29.5 Å². The topological polar surface area (TPSA) is 46.9 Å². The van der Waals surface area contributed by atoms with E-state index in [1.54, 1.807) is 6.20 Å². The number of aromatic nitrogens is 2. The lowest BCUT2D eigenvalue weighted by Crippen LogP contribution is -2.33. The maximum atomic E-state index is 12.6. The Morgan fingerprint density at radius 2 is 1.92 bits per heavy atom. The van der Waals surface area contributed by atoms with Gasteiger partial charge in [0, 0.05) is 24.9 Å². The average molecular weight is 354 g/mol. The number of hydrogen-bond donors (Lipinski definition) is 1. The molecule has 1 aliphatic carbocycles. The van der Waals surface area contributed by atoms with E-state index in [0.29, 0.717) is 6.54 Å². The molecule has 3 rings (SSSR count). The number of nitrogens with one attached hydrogen (secondary N) is 1. The van der Waals surface area contributed by atoms with Crippen molar-refractivity contribution >= 4 is 5.91 Å². The molecule has 4 heteroatoms. The first kappa shape index (κ1) is 18.7. The zero-order valence-electron chi connectivity index (χ0n) is 15.9. The van der Waals surface area contributed by atoms with Gasteiger partial charge in [0.2, 0.25) is 5.91 Å². The van der Waals surface area contributed by atoms with Crippen LogP contribution in [0.3, 0.4) is 0 Å². The molecule has 0 atom stereocenters. The molecule has 2 aromatic rings. The number of benzene rings is 1. The number of hydrogen-bond acceptors (Lipinski definition) is 2. The van der Waals surface area contributed by atoms with Gasteiger partial charge >= 0.3 is 0 Å². The molecule has 0 aliphatic heterocycles. The summed E-state index contributed by atoms with van der Waals surface area (Å²) in [6.07, 6.45) is 12.2. The molecule has 1 fully saturated rings. The van der Waals surface area contributed by atoms with Crippen LogP contribution in [0.15, 0.2) is 42.7 Å². The Bertz CT molecular complexity index is 672. The van der Waals surface area contributed by atoms with Crippen molar-refractivity contribution in [1.82, 2.24) is 15.1 Å². The lowest BCUT2D eigenvalue weighted by atomic mass is 9.79. The molecule has 0 radical (unpaired) electrons. The summed E-state index contributed by atoms with van der Waals surface area (Å²) in [4.78, 5) is 12.6. The lowest BCUT2D eigenvalue weighted by Gasteiger charge is -2.27. The summed E-state index contributed by atoms with van der Waals surface area (Å²) in [5, 5.41) is 7.46. The van der Waals surface area contributed by atoms with Gasteiger partial charge in [0.1, 0.15) is 0 Å². The molecular weight excluding hydrogens is 322 g/mol. The first-order valence-electron chi connectivity index (χ1n) is 10.1. The molecule has 1 aliphatic rings. The van der Waals surface area contributed by atoms with Gasteiger partial charge < -0.3 is 5.32 Å². The predicted molar refractivity (Wildman–Crippen MR) is 105 cm³/mol. The summed E-state index contributed by atoms with van der Waals surface area (Å²) in [5.74, 6) is 1.27. The number of unbranched alkanes of at least 4 members (excludes halogenated alkanes) is 1. The molecule has 26 heavy (non-hydrogen) atoms. The van der Waals surface area contributed by atoms with Crippen LogP contribution in [-0.2, 0) is 17.9 Å². The maximum absolute atomic E-state index is 12.6. The summed E-state index contributed by atoms with van der Waals surface area (Å²) < 4.78 is 1.91. The number of amides is 1. The molecule has 0 saturated heterocycles.